The average molecular weight is 380 g/mol. The van der Waals surface area contributed by atoms with Crippen LogP contribution in [-0.2, 0) is 6.54 Å². The molecule has 29 heavy (non-hydrogen) atoms. The zero-order valence-electron chi connectivity index (χ0n) is 16.5. The molecule has 3 nitrogen and oxygen atoms in total. The fourth-order valence-corrected chi connectivity index (χ4v) is 4.06. The van der Waals surface area contributed by atoms with Crippen molar-refractivity contribution in [3.63, 3.8) is 0 Å². The van der Waals surface area contributed by atoms with Crippen LogP contribution in [0.3, 0.4) is 0 Å². The maximum atomic E-state index is 6.14. The highest BCUT2D eigenvalue weighted by molar-refractivity contribution is 6.08. The number of furan rings is 1. The molecule has 1 unspecified atom stereocenters. The Bertz CT molecular complexity index is 1260. The molecule has 0 radical (unpaired) electrons. The van der Waals surface area contributed by atoms with Crippen molar-refractivity contribution in [2.45, 2.75) is 19.9 Å². The molecule has 1 atom stereocenters. The third-order valence-corrected chi connectivity index (χ3v) is 5.54. The summed E-state index contributed by atoms with van der Waals surface area (Å²) < 4.78 is 6.14. The van der Waals surface area contributed by atoms with E-state index in [9.17, 15) is 0 Å². The third kappa shape index (κ3) is 3.34. The van der Waals surface area contributed by atoms with Gasteiger partial charge in [0, 0.05) is 34.6 Å². The van der Waals surface area contributed by atoms with Gasteiger partial charge in [0.15, 0.2) is 0 Å². The van der Waals surface area contributed by atoms with E-state index in [0.717, 1.165) is 45.3 Å². The second-order valence-corrected chi connectivity index (χ2v) is 7.76. The molecule has 0 spiro atoms. The van der Waals surface area contributed by atoms with Gasteiger partial charge >= 0.3 is 0 Å². The van der Waals surface area contributed by atoms with Crippen LogP contribution in [0.4, 0.5) is 11.4 Å². The molecule has 3 N–H and O–H groups in total. The lowest BCUT2D eigenvalue weighted by molar-refractivity contribution is 0.669. The molecular weight excluding hydrogens is 356 g/mol. The van der Waals surface area contributed by atoms with Crippen LogP contribution in [0.25, 0.3) is 27.5 Å². The van der Waals surface area contributed by atoms with Crippen LogP contribution in [0.2, 0.25) is 0 Å². The number of hydrogen-bond donors (Lipinski definition) is 2. The molecule has 0 amide bonds. The van der Waals surface area contributed by atoms with Crippen LogP contribution in [0.1, 0.15) is 24.5 Å². The molecule has 144 valence electrons. The van der Waals surface area contributed by atoms with Gasteiger partial charge < -0.3 is 15.5 Å². The molecule has 5 rings (SSSR count). The maximum absolute atomic E-state index is 6.14. The van der Waals surface area contributed by atoms with Gasteiger partial charge in [-0.05, 0) is 47.7 Å². The Morgan fingerprint density at radius 3 is 2.76 bits per heavy atom. The first-order chi connectivity index (χ1) is 14.2. The summed E-state index contributed by atoms with van der Waals surface area (Å²) in [6.07, 6.45) is 7.92. The van der Waals surface area contributed by atoms with Crippen molar-refractivity contribution in [2.75, 3.05) is 5.32 Å². The number of fused-ring (bicyclic) bond motifs is 3. The Kier molecular flexibility index (Phi) is 4.45. The molecule has 1 aromatic heterocycles. The van der Waals surface area contributed by atoms with Crippen LogP contribution in [0, 0.1) is 5.92 Å². The van der Waals surface area contributed by atoms with Gasteiger partial charge in [-0.2, -0.15) is 0 Å². The lowest BCUT2D eigenvalue weighted by Gasteiger charge is -2.17. The summed E-state index contributed by atoms with van der Waals surface area (Å²) in [4.78, 5) is 0. The van der Waals surface area contributed by atoms with Crippen molar-refractivity contribution >= 4 is 38.9 Å². The van der Waals surface area contributed by atoms with Crippen LogP contribution in [0.15, 0.2) is 83.3 Å². The highest BCUT2D eigenvalue weighted by Gasteiger charge is 2.16. The molecular formula is C26H24N2O. The van der Waals surface area contributed by atoms with Gasteiger partial charge in [-0.3, -0.25) is 0 Å². The van der Waals surface area contributed by atoms with Crippen molar-refractivity contribution in [1.29, 1.82) is 0 Å². The van der Waals surface area contributed by atoms with E-state index in [1.165, 1.54) is 11.1 Å². The second kappa shape index (κ2) is 7.26. The molecule has 1 heterocycles. The molecule has 1 aliphatic carbocycles. The highest BCUT2D eigenvalue weighted by Crippen LogP contribution is 2.38. The summed E-state index contributed by atoms with van der Waals surface area (Å²) in [6.45, 7) is 2.78. The van der Waals surface area contributed by atoms with Crippen LogP contribution in [0.5, 0.6) is 0 Å². The fourth-order valence-electron chi connectivity index (χ4n) is 4.06. The number of para-hydroxylation sites is 1. The number of benzene rings is 3. The predicted molar refractivity (Wildman–Crippen MR) is 122 cm³/mol. The molecule has 0 bridgehead atoms. The van der Waals surface area contributed by atoms with Gasteiger partial charge in [0.05, 0.1) is 5.69 Å². The van der Waals surface area contributed by atoms with Crippen LogP contribution in [-0.4, -0.2) is 0 Å². The first-order valence-corrected chi connectivity index (χ1v) is 10.1. The number of nitrogens with two attached hydrogens (primary N) is 1. The van der Waals surface area contributed by atoms with Gasteiger partial charge in [0.25, 0.3) is 0 Å². The van der Waals surface area contributed by atoms with E-state index in [0.29, 0.717) is 12.5 Å². The lowest BCUT2D eigenvalue weighted by atomic mass is 9.91. The van der Waals surface area contributed by atoms with Gasteiger partial charge in [0.2, 0.25) is 0 Å². The van der Waals surface area contributed by atoms with E-state index in [2.05, 4.69) is 66.9 Å². The first-order valence-electron chi connectivity index (χ1n) is 10.1. The van der Waals surface area contributed by atoms with Gasteiger partial charge in [-0.1, -0.05) is 55.5 Å². The average Bonchev–Trinajstić information content (AvgIpc) is 3.11. The van der Waals surface area contributed by atoms with Gasteiger partial charge in [-0.15, -0.1) is 0 Å². The number of allylic oxidation sites excluding steroid dienone is 4. The summed E-state index contributed by atoms with van der Waals surface area (Å²) in [7, 11) is 0. The third-order valence-electron chi connectivity index (χ3n) is 5.54. The lowest BCUT2D eigenvalue weighted by Crippen LogP contribution is -2.01. The monoisotopic (exact) mass is 380 g/mol. The quantitative estimate of drug-likeness (QED) is 0.411. The Hall–Kier alpha value is -3.30. The number of rotatable bonds is 4. The largest absolute Gasteiger partial charge is 0.456 e. The maximum Gasteiger partial charge on any atom is 0.137 e. The summed E-state index contributed by atoms with van der Waals surface area (Å²) in [5.41, 5.74) is 13.2. The van der Waals surface area contributed by atoms with E-state index >= 15 is 0 Å². The molecule has 0 saturated carbocycles. The minimum absolute atomic E-state index is 0.524. The summed E-state index contributed by atoms with van der Waals surface area (Å²) in [6, 6.07) is 20.8. The van der Waals surface area contributed by atoms with Crippen LogP contribution < -0.4 is 11.1 Å². The number of hydrogen-bond acceptors (Lipinski definition) is 3. The van der Waals surface area contributed by atoms with E-state index < -0.39 is 0 Å². The highest BCUT2D eigenvalue weighted by atomic mass is 16.3. The van der Waals surface area contributed by atoms with E-state index in [-0.39, 0.29) is 0 Å². The second-order valence-electron chi connectivity index (χ2n) is 7.76. The fraction of sp³-hybridized carbons (Fsp3) is 0.154. The zero-order valence-corrected chi connectivity index (χ0v) is 16.5. The Morgan fingerprint density at radius 1 is 1.00 bits per heavy atom. The molecule has 0 saturated heterocycles. The van der Waals surface area contributed by atoms with Gasteiger partial charge in [0.1, 0.15) is 11.2 Å². The minimum atomic E-state index is 0.524. The molecule has 1 aliphatic rings. The zero-order chi connectivity index (χ0) is 19.8. The van der Waals surface area contributed by atoms with Crippen molar-refractivity contribution in [3.05, 3.63) is 90.0 Å². The van der Waals surface area contributed by atoms with E-state index in [1.807, 2.05) is 24.3 Å². The Labute approximate surface area is 170 Å². The summed E-state index contributed by atoms with van der Waals surface area (Å²) in [5.74, 6) is 0.528. The van der Waals surface area contributed by atoms with Crippen molar-refractivity contribution < 1.29 is 4.42 Å². The first kappa shape index (κ1) is 17.8. The molecule has 3 aromatic carbocycles. The number of nitrogens with one attached hydrogen (secondary N) is 1. The standard InChI is InChI=1S/C26H24N2O/c1-17-6-4-8-19(12-17)22-14-23-21-10-2-3-11-25(21)29-26(23)15-24(22)28-20-9-5-7-18(13-20)16-27/h2-5,7-15,17,28H,6,16,27H2,1H3. The molecule has 0 fully saturated rings. The van der Waals surface area contributed by atoms with E-state index in [1.54, 1.807) is 0 Å². The normalized spacial score (nSPS) is 16.3. The van der Waals surface area contributed by atoms with Gasteiger partial charge in [-0.25, -0.2) is 0 Å². The SMILES string of the molecule is CC1C=C(c2cc3c(cc2Nc2cccc(CN)c2)oc2ccccc23)C=CC1. The predicted octanol–water partition coefficient (Wildman–Crippen LogP) is 6.77. The molecule has 3 heteroatoms. The minimum Gasteiger partial charge on any atom is -0.456 e. The van der Waals surface area contributed by atoms with Crippen molar-refractivity contribution in [1.82, 2.24) is 0 Å². The summed E-state index contributed by atoms with van der Waals surface area (Å²) >= 11 is 0. The smallest absolute Gasteiger partial charge is 0.137 e. The molecule has 4 aromatic rings. The van der Waals surface area contributed by atoms with E-state index in [4.69, 9.17) is 10.2 Å². The Balaban J connectivity index is 1.70. The number of anilines is 2. The summed E-state index contributed by atoms with van der Waals surface area (Å²) in [5, 5.41) is 5.90. The van der Waals surface area contributed by atoms with Crippen molar-refractivity contribution in [2.24, 2.45) is 11.7 Å². The molecule has 0 aliphatic heterocycles. The Morgan fingerprint density at radius 2 is 1.90 bits per heavy atom. The topological polar surface area (TPSA) is 51.2 Å². The van der Waals surface area contributed by atoms with Crippen molar-refractivity contribution in [3.8, 4) is 0 Å². The van der Waals surface area contributed by atoms with Crippen LogP contribution >= 0.6 is 0 Å².